The molecule has 0 aromatic heterocycles. The van der Waals surface area contributed by atoms with Crippen molar-refractivity contribution in [2.24, 2.45) is 0 Å². The summed E-state index contributed by atoms with van der Waals surface area (Å²) < 4.78 is 26.2. The van der Waals surface area contributed by atoms with Gasteiger partial charge in [-0.05, 0) is 64.3 Å². The zero-order chi connectivity index (χ0) is 27.1. The second kappa shape index (κ2) is 12.6. The van der Waals surface area contributed by atoms with Gasteiger partial charge >= 0.3 is 0 Å². The van der Waals surface area contributed by atoms with Crippen LogP contribution in [0.25, 0.3) is 0 Å². The van der Waals surface area contributed by atoms with Crippen molar-refractivity contribution in [1.29, 1.82) is 0 Å². The van der Waals surface area contributed by atoms with E-state index < -0.39 is 21.6 Å². The minimum Gasteiger partial charge on any atom is -0.350 e. The van der Waals surface area contributed by atoms with E-state index >= 15 is 0 Å². The average Bonchev–Trinajstić information content (AvgIpc) is 2.76. The summed E-state index contributed by atoms with van der Waals surface area (Å²) in [4.78, 5) is 28.1. The number of carbonyl (C=O) groups excluding carboxylic acids is 2. The van der Waals surface area contributed by atoms with Gasteiger partial charge in [0.1, 0.15) is 6.04 Å². The molecule has 1 unspecified atom stereocenters. The third-order valence-corrected chi connectivity index (χ3v) is 7.22. The highest BCUT2D eigenvalue weighted by Crippen LogP contribution is 2.22. The lowest BCUT2D eigenvalue weighted by atomic mass is 10.0. The molecule has 0 radical (unpaired) electrons. The molecule has 0 aliphatic heterocycles. The van der Waals surface area contributed by atoms with Crippen LogP contribution in [0.15, 0.2) is 48.5 Å². The van der Waals surface area contributed by atoms with Gasteiger partial charge in [0, 0.05) is 30.1 Å². The molecule has 0 bridgehead atoms. The number of aryl methyl sites for hydroxylation is 1. The lowest BCUT2D eigenvalue weighted by Crippen LogP contribution is -2.53. The van der Waals surface area contributed by atoms with Crippen LogP contribution in [0.5, 0.6) is 0 Å². The first kappa shape index (κ1) is 29.6. The lowest BCUT2D eigenvalue weighted by Gasteiger charge is -2.33. The highest BCUT2D eigenvalue weighted by atomic mass is 35.5. The maximum Gasteiger partial charge on any atom is 0.243 e. The molecule has 0 saturated carbocycles. The van der Waals surface area contributed by atoms with E-state index in [-0.39, 0.29) is 31.3 Å². The zero-order valence-corrected chi connectivity index (χ0v) is 23.6. The molecule has 0 saturated heterocycles. The molecule has 0 heterocycles. The van der Waals surface area contributed by atoms with Gasteiger partial charge in [-0.15, -0.1) is 0 Å². The largest absolute Gasteiger partial charge is 0.350 e. The number of carbonyl (C=O) groups is 2. The van der Waals surface area contributed by atoms with Gasteiger partial charge in [-0.25, -0.2) is 8.42 Å². The van der Waals surface area contributed by atoms with Crippen LogP contribution in [0.3, 0.4) is 0 Å². The van der Waals surface area contributed by atoms with Crippen molar-refractivity contribution >= 4 is 39.1 Å². The Hall–Kier alpha value is -2.58. The Balaban J connectivity index is 2.24. The molecule has 1 atom stereocenters. The van der Waals surface area contributed by atoms with E-state index in [4.69, 9.17) is 11.6 Å². The monoisotopic (exact) mass is 535 g/mol. The molecule has 2 aromatic carbocycles. The van der Waals surface area contributed by atoms with Crippen LogP contribution in [0.4, 0.5) is 5.69 Å². The topological polar surface area (TPSA) is 86.8 Å². The number of nitrogens with one attached hydrogen (secondary N) is 1. The summed E-state index contributed by atoms with van der Waals surface area (Å²) in [6.45, 7) is 9.80. The maximum atomic E-state index is 13.5. The van der Waals surface area contributed by atoms with Gasteiger partial charge in [0.15, 0.2) is 0 Å². The van der Waals surface area contributed by atoms with Gasteiger partial charge < -0.3 is 10.2 Å². The first-order chi connectivity index (χ1) is 16.7. The van der Waals surface area contributed by atoms with Gasteiger partial charge in [-0.3, -0.25) is 13.9 Å². The number of benzene rings is 2. The quantitative estimate of drug-likeness (QED) is 0.442. The molecule has 7 nitrogen and oxygen atoms in total. The second-order valence-electron chi connectivity index (χ2n) is 10.1. The Morgan fingerprint density at radius 2 is 1.67 bits per heavy atom. The van der Waals surface area contributed by atoms with E-state index in [2.05, 4.69) is 5.32 Å². The standard InChI is InChI=1S/C27H38ClN3O4S/c1-7-24(26(33)29-27(3,4)5)30(19-21-11-8-9-12-23(21)28)25(32)13-10-18-31(36(6,34)35)22-16-14-20(2)15-17-22/h8-9,11-12,14-17,24H,7,10,13,18-19H2,1-6H3,(H,29,33). The number of sulfonamides is 1. The van der Waals surface area contributed by atoms with Crippen LogP contribution in [0.2, 0.25) is 5.02 Å². The van der Waals surface area contributed by atoms with Crippen LogP contribution in [-0.4, -0.2) is 49.5 Å². The Kier molecular flexibility index (Phi) is 10.4. The SMILES string of the molecule is CCC(C(=O)NC(C)(C)C)N(Cc1ccccc1Cl)C(=O)CCCN(c1ccc(C)cc1)S(C)(=O)=O. The predicted octanol–water partition coefficient (Wildman–Crippen LogP) is 4.92. The van der Waals surface area contributed by atoms with Crippen LogP contribution < -0.4 is 9.62 Å². The van der Waals surface area contributed by atoms with Crippen LogP contribution in [0.1, 0.15) is 58.1 Å². The molecule has 0 aliphatic rings. The summed E-state index contributed by atoms with van der Waals surface area (Å²) >= 11 is 6.37. The summed E-state index contributed by atoms with van der Waals surface area (Å²) in [7, 11) is -3.53. The molecule has 1 N–H and O–H groups in total. The molecule has 198 valence electrons. The van der Waals surface area contributed by atoms with Crippen molar-refractivity contribution in [3.8, 4) is 0 Å². The fourth-order valence-corrected chi connectivity index (χ4v) is 5.06. The van der Waals surface area contributed by atoms with Crippen molar-refractivity contribution < 1.29 is 18.0 Å². The van der Waals surface area contributed by atoms with Crippen molar-refractivity contribution in [3.63, 3.8) is 0 Å². The molecule has 2 amide bonds. The van der Waals surface area contributed by atoms with Gasteiger partial charge in [-0.1, -0.05) is 54.4 Å². The third-order valence-electron chi connectivity index (χ3n) is 5.66. The van der Waals surface area contributed by atoms with E-state index in [1.54, 1.807) is 23.1 Å². The first-order valence-electron chi connectivity index (χ1n) is 12.1. The number of hydrogen-bond donors (Lipinski definition) is 1. The summed E-state index contributed by atoms with van der Waals surface area (Å²) in [6, 6.07) is 13.8. The predicted molar refractivity (Wildman–Crippen MR) is 147 cm³/mol. The molecule has 0 fully saturated rings. The molecular formula is C27H38ClN3O4S. The molecule has 0 spiro atoms. The Morgan fingerprint density at radius 3 is 2.19 bits per heavy atom. The Morgan fingerprint density at radius 1 is 1.06 bits per heavy atom. The zero-order valence-electron chi connectivity index (χ0n) is 22.0. The van der Waals surface area contributed by atoms with Crippen molar-refractivity contribution in [3.05, 3.63) is 64.7 Å². The Bertz CT molecular complexity index is 1140. The highest BCUT2D eigenvalue weighted by molar-refractivity contribution is 7.92. The number of hydrogen-bond acceptors (Lipinski definition) is 4. The molecular weight excluding hydrogens is 498 g/mol. The number of rotatable bonds is 11. The van der Waals surface area contributed by atoms with Gasteiger partial charge in [0.2, 0.25) is 21.8 Å². The smallest absolute Gasteiger partial charge is 0.243 e. The highest BCUT2D eigenvalue weighted by Gasteiger charge is 2.31. The summed E-state index contributed by atoms with van der Waals surface area (Å²) in [6.07, 6.45) is 1.97. The average molecular weight is 536 g/mol. The van der Waals surface area contributed by atoms with Gasteiger partial charge in [0.05, 0.1) is 11.9 Å². The fraction of sp³-hybridized carbons (Fsp3) is 0.481. The molecule has 2 rings (SSSR count). The molecule has 9 heteroatoms. The number of anilines is 1. The Labute approximate surface area is 220 Å². The molecule has 36 heavy (non-hydrogen) atoms. The van der Waals surface area contributed by atoms with Crippen LogP contribution >= 0.6 is 11.6 Å². The summed E-state index contributed by atoms with van der Waals surface area (Å²) in [5.74, 6) is -0.467. The first-order valence-corrected chi connectivity index (χ1v) is 14.3. The van der Waals surface area contributed by atoms with Crippen LogP contribution in [-0.2, 0) is 26.2 Å². The summed E-state index contributed by atoms with van der Waals surface area (Å²) in [5, 5.41) is 3.49. The number of halogens is 1. The minimum absolute atomic E-state index is 0.0850. The van der Waals surface area contributed by atoms with E-state index in [0.29, 0.717) is 23.6 Å². The minimum atomic E-state index is -3.53. The van der Waals surface area contributed by atoms with E-state index in [1.807, 2.05) is 65.0 Å². The van der Waals surface area contributed by atoms with E-state index in [9.17, 15) is 18.0 Å². The van der Waals surface area contributed by atoms with Crippen LogP contribution in [0, 0.1) is 6.92 Å². The normalized spacial score (nSPS) is 12.6. The van der Waals surface area contributed by atoms with Crippen molar-refractivity contribution in [2.75, 3.05) is 17.1 Å². The second-order valence-corrected chi connectivity index (χ2v) is 12.4. The molecule has 0 aliphatic carbocycles. The fourth-order valence-electron chi connectivity index (χ4n) is 3.90. The number of amides is 2. The maximum absolute atomic E-state index is 13.5. The third kappa shape index (κ3) is 8.82. The van der Waals surface area contributed by atoms with E-state index in [1.165, 1.54) is 4.31 Å². The van der Waals surface area contributed by atoms with Crippen molar-refractivity contribution in [2.45, 2.75) is 72.0 Å². The van der Waals surface area contributed by atoms with E-state index in [0.717, 1.165) is 17.4 Å². The number of nitrogens with zero attached hydrogens (tertiary/aromatic N) is 2. The lowest BCUT2D eigenvalue weighted by molar-refractivity contribution is -0.142. The van der Waals surface area contributed by atoms with Crippen molar-refractivity contribution in [1.82, 2.24) is 10.2 Å². The molecule has 2 aromatic rings. The van der Waals surface area contributed by atoms with Gasteiger partial charge in [0.25, 0.3) is 0 Å². The summed E-state index contributed by atoms with van der Waals surface area (Å²) in [5.41, 5.74) is 1.87. The van der Waals surface area contributed by atoms with Gasteiger partial charge in [-0.2, -0.15) is 0 Å².